The number of carbonyl (C=O) groups is 8. The number of fused-ring (bicyclic) bond motifs is 3. The number of hydrogen-bond donors (Lipinski definition) is 15. The van der Waals surface area contributed by atoms with Gasteiger partial charge in [-0.2, -0.15) is 0 Å². The lowest BCUT2D eigenvalue weighted by Gasteiger charge is -2.34. The highest BCUT2D eigenvalue weighted by atomic mass is 16.5. The molecular formula is C52H70N8O18. The molecular weight excluding hydrogens is 1020 g/mol. The minimum atomic E-state index is -2.38. The second-order valence-electron chi connectivity index (χ2n) is 20.0. The van der Waals surface area contributed by atoms with Crippen LogP contribution in [0.2, 0.25) is 0 Å². The Bertz CT molecular complexity index is 2640. The van der Waals surface area contributed by atoms with E-state index in [1.165, 1.54) is 12.1 Å². The van der Waals surface area contributed by atoms with Crippen molar-refractivity contribution in [1.29, 1.82) is 0 Å². The molecule has 26 nitrogen and oxygen atoms in total. The number of nitrogens with two attached hydrogens (primary N) is 1. The van der Waals surface area contributed by atoms with Gasteiger partial charge in [-0.3, -0.25) is 38.4 Å². The van der Waals surface area contributed by atoms with Crippen LogP contribution in [0, 0.1) is 0 Å². The number of unbranched alkanes of at least 4 members (excludes halogenated alkanes) is 4. The average Bonchev–Trinajstić information content (AvgIpc) is 4.02. The zero-order valence-corrected chi connectivity index (χ0v) is 43.0. The summed E-state index contributed by atoms with van der Waals surface area (Å²) in [5.41, 5.74) is 5.21. The van der Waals surface area contributed by atoms with E-state index < -0.39 is 165 Å². The van der Waals surface area contributed by atoms with E-state index in [0.29, 0.717) is 28.0 Å². The molecule has 3 heterocycles. The van der Waals surface area contributed by atoms with E-state index >= 15 is 0 Å². The van der Waals surface area contributed by atoms with Gasteiger partial charge >= 0.3 is 0 Å². The molecule has 0 radical (unpaired) electrons. The number of phenols is 1. The van der Waals surface area contributed by atoms with Crippen LogP contribution in [0.15, 0.2) is 60.7 Å². The number of aliphatic hydroxyl groups is 8. The molecule has 3 saturated heterocycles. The van der Waals surface area contributed by atoms with E-state index in [2.05, 4.69) is 28.2 Å². The monoisotopic (exact) mass is 1090 g/mol. The molecule has 0 bridgehead atoms. The number of phenolic OH excluding ortho intramolecular Hbond substituents is 1. The maximum atomic E-state index is 14.5. The van der Waals surface area contributed by atoms with Crippen LogP contribution in [0.4, 0.5) is 0 Å². The highest BCUT2D eigenvalue weighted by Crippen LogP contribution is 2.27. The largest absolute Gasteiger partial charge is 0.508 e. The van der Waals surface area contributed by atoms with Gasteiger partial charge in [-0.25, -0.2) is 0 Å². The molecule has 78 heavy (non-hydrogen) atoms. The molecule has 8 amide bonds. The molecule has 14 atom stereocenters. The summed E-state index contributed by atoms with van der Waals surface area (Å²) in [5.74, 6) is -9.76. The number of nitrogens with zero attached hydrogens (tertiary/aromatic N) is 2. The van der Waals surface area contributed by atoms with Gasteiger partial charge in [0.1, 0.15) is 66.1 Å². The van der Waals surface area contributed by atoms with Gasteiger partial charge in [0.15, 0.2) is 6.23 Å². The number of hydrogen-bond acceptors (Lipinski definition) is 18. The third kappa shape index (κ3) is 14.9. The van der Waals surface area contributed by atoms with Crippen LogP contribution in [0.1, 0.15) is 93.7 Å². The number of ether oxygens (including phenoxy) is 1. The van der Waals surface area contributed by atoms with Crippen LogP contribution in [-0.4, -0.2) is 202 Å². The molecule has 3 fully saturated rings. The summed E-state index contributed by atoms with van der Waals surface area (Å²) < 4.78 is 5.92. The van der Waals surface area contributed by atoms with E-state index in [1.54, 1.807) is 24.3 Å². The fourth-order valence-electron chi connectivity index (χ4n) is 9.66. The van der Waals surface area contributed by atoms with E-state index in [4.69, 9.17) is 10.5 Å². The number of carbonyl (C=O) groups excluding carboxylic acids is 8. The predicted molar refractivity (Wildman–Crippen MR) is 273 cm³/mol. The molecule has 426 valence electrons. The van der Waals surface area contributed by atoms with Crippen LogP contribution in [0.3, 0.4) is 0 Å². The lowest BCUT2D eigenvalue weighted by atomic mass is 9.96. The molecule has 6 rings (SSSR count). The quantitative estimate of drug-likeness (QED) is 0.0614. The van der Waals surface area contributed by atoms with Crippen LogP contribution < -0.4 is 37.1 Å². The maximum absolute atomic E-state index is 14.5. The number of aliphatic hydroxyl groups excluding tert-OH is 8. The third-order valence-electron chi connectivity index (χ3n) is 14.0. The summed E-state index contributed by atoms with van der Waals surface area (Å²) in [5, 5.41) is 112. The number of nitrogens with one attached hydrogen (secondary N) is 5. The van der Waals surface area contributed by atoms with Gasteiger partial charge in [-0.05, 0) is 72.5 Å². The van der Waals surface area contributed by atoms with Crippen molar-refractivity contribution in [3.05, 3.63) is 71.8 Å². The maximum Gasteiger partial charge on any atom is 0.251 e. The molecule has 3 aromatic carbocycles. The summed E-state index contributed by atoms with van der Waals surface area (Å²) in [7, 11) is 0. The first-order chi connectivity index (χ1) is 37.0. The Labute approximate surface area is 447 Å². The first-order valence-corrected chi connectivity index (χ1v) is 25.8. The Morgan fingerprint density at radius 2 is 1.37 bits per heavy atom. The topological polar surface area (TPSA) is 421 Å². The Balaban J connectivity index is 1.36. The van der Waals surface area contributed by atoms with Crippen molar-refractivity contribution >= 4 is 58.0 Å². The standard InChI is InChI=1S/C52H70N8O18/c1-3-4-5-6-7-18-78-32-15-12-27-19-29(9-8-28(27)20-32)45(70)54-33-22-37(66)48(73)58-50(75)42-35(64)16-17-59(42)52(77)40(36(65)23-38(53)67)56-49(74)41(44(69)43(68)26-10-13-30(62)14-11-26)57-47(72)34-21-31(63)24-60(34)51(76)39(25(2)61)55-46(33)71/h8-15,19-20,25,31,33-37,39-44,48,61-66,68-69,73H,3-7,16-18,21-24H2,1-2H3,(H2,53,67)(H,54,70)(H,55,71)(H,56,74)(H,57,72)(H,58,75)/t25-,31-,33+,34+,35+,36-,37-,39+,40+,41+,42+,43-,44+,48-/m1/s1. The van der Waals surface area contributed by atoms with Gasteiger partial charge in [-0.15, -0.1) is 0 Å². The zero-order valence-electron chi connectivity index (χ0n) is 43.0. The molecule has 3 aliphatic rings. The first kappa shape index (κ1) is 60.2. The van der Waals surface area contributed by atoms with E-state index in [1.807, 2.05) is 5.32 Å². The Hall–Kier alpha value is -7.04. The number of primary amides is 1. The summed E-state index contributed by atoms with van der Waals surface area (Å²) in [6, 6.07) is 2.08. The number of benzene rings is 3. The lowest BCUT2D eigenvalue weighted by Crippen LogP contribution is -2.64. The fraction of sp³-hybridized carbons (Fsp3) is 0.538. The second-order valence-corrected chi connectivity index (χ2v) is 20.0. The van der Waals surface area contributed by atoms with E-state index in [9.17, 15) is 84.3 Å². The van der Waals surface area contributed by atoms with Crippen molar-refractivity contribution in [3.63, 3.8) is 0 Å². The lowest BCUT2D eigenvalue weighted by molar-refractivity contribution is -0.149. The van der Waals surface area contributed by atoms with Crippen LogP contribution >= 0.6 is 0 Å². The van der Waals surface area contributed by atoms with Gasteiger partial charge in [0.2, 0.25) is 41.4 Å². The van der Waals surface area contributed by atoms with E-state index in [-0.39, 0.29) is 23.3 Å². The molecule has 0 spiro atoms. The van der Waals surface area contributed by atoms with Crippen molar-refractivity contribution in [1.82, 2.24) is 36.4 Å². The molecule has 16 N–H and O–H groups in total. The van der Waals surface area contributed by atoms with Crippen molar-refractivity contribution in [2.24, 2.45) is 5.73 Å². The average molecular weight is 1100 g/mol. The second kappa shape index (κ2) is 27.0. The number of amides is 8. The molecule has 3 aromatic rings. The van der Waals surface area contributed by atoms with Crippen molar-refractivity contribution in [2.45, 2.75) is 157 Å². The predicted octanol–water partition coefficient (Wildman–Crippen LogP) is -3.72. The third-order valence-corrected chi connectivity index (χ3v) is 14.0. The summed E-state index contributed by atoms with van der Waals surface area (Å²) in [6.45, 7) is 2.63. The molecule has 3 aliphatic heterocycles. The van der Waals surface area contributed by atoms with Crippen molar-refractivity contribution < 1.29 is 89.1 Å². The van der Waals surface area contributed by atoms with Crippen LogP contribution in [0.25, 0.3) is 10.8 Å². The summed E-state index contributed by atoms with van der Waals surface area (Å²) in [6.07, 6.45) is -13.7. The number of rotatable bonds is 16. The highest BCUT2D eigenvalue weighted by Gasteiger charge is 2.49. The fourth-order valence-corrected chi connectivity index (χ4v) is 9.66. The Morgan fingerprint density at radius 1 is 0.731 bits per heavy atom. The van der Waals surface area contributed by atoms with Crippen LogP contribution in [0.5, 0.6) is 11.5 Å². The SMILES string of the molecule is CCCCCCCOc1ccc2cc(C(=O)N[C@H]3C[C@@H](O)[C@@H](O)NC(=O)[C@@H]4[C@@H](O)CCN4C(=O)[C@H]([C@H](O)CC(N)=O)NC(=O)[C@H]([C@H](O)[C@H](O)c4ccc(O)cc4)NC(=O)[C@@H]4C[C@@H](O)CN4C(=O)[C@H]([C@@H](C)O)NC3=O)ccc2c1. The normalized spacial score (nSPS) is 27.5. The van der Waals surface area contributed by atoms with Crippen LogP contribution in [-0.2, 0) is 33.6 Å². The Kier molecular flexibility index (Phi) is 20.9. The Morgan fingerprint density at radius 3 is 2.05 bits per heavy atom. The molecule has 0 unspecified atom stereocenters. The minimum absolute atomic E-state index is 0.000127. The van der Waals surface area contributed by atoms with Gasteiger partial charge in [-0.1, -0.05) is 56.9 Å². The zero-order chi connectivity index (χ0) is 57.1. The first-order valence-electron chi connectivity index (χ1n) is 25.8. The summed E-state index contributed by atoms with van der Waals surface area (Å²) >= 11 is 0. The molecule has 0 saturated carbocycles. The minimum Gasteiger partial charge on any atom is -0.508 e. The van der Waals surface area contributed by atoms with E-state index in [0.717, 1.165) is 68.2 Å². The van der Waals surface area contributed by atoms with Gasteiger partial charge < -0.3 is 92.8 Å². The van der Waals surface area contributed by atoms with Gasteiger partial charge in [0.25, 0.3) is 5.91 Å². The smallest absolute Gasteiger partial charge is 0.251 e. The van der Waals surface area contributed by atoms with Crippen molar-refractivity contribution in [3.8, 4) is 11.5 Å². The molecule has 0 aliphatic carbocycles. The highest BCUT2D eigenvalue weighted by molar-refractivity contribution is 6.02. The molecule has 26 heteroatoms. The molecule has 0 aromatic heterocycles. The van der Waals surface area contributed by atoms with Gasteiger partial charge in [0, 0.05) is 31.5 Å². The van der Waals surface area contributed by atoms with Crippen molar-refractivity contribution in [2.75, 3.05) is 19.7 Å². The summed E-state index contributed by atoms with van der Waals surface area (Å²) in [4.78, 5) is 114. The van der Waals surface area contributed by atoms with Gasteiger partial charge in [0.05, 0.1) is 37.4 Å². The number of aromatic hydroxyl groups is 1.